The third kappa shape index (κ3) is 4.94. The van der Waals surface area contributed by atoms with Crippen molar-refractivity contribution in [3.8, 4) is 0 Å². The fourth-order valence-electron chi connectivity index (χ4n) is 3.28. The number of carboxylic acids is 1. The summed E-state index contributed by atoms with van der Waals surface area (Å²) in [5.74, 6) is -0.715. The van der Waals surface area contributed by atoms with Crippen LogP contribution in [0.4, 0.5) is 0 Å². The van der Waals surface area contributed by atoms with Gasteiger partial charge in [0, 0.05) is 18.6 Å². The van der Waals surface area contributed by atoms with Crippen molar-refractivity contribution >= 4 is 5.97 Å². The van der Waals surface area contributed by atoms with Gasteiger partial charge < -0.3 is 14.9 Å². The Kier molecular flexibility index (Phi) is 5.63. The minimum absolute atomic E-state index is 0.427. The van der Waals surface area contributed by atoms with Gasteiger partial charge in [0.15, 0.2) is 0 Å². The van der Waals surface area contributed by atoms with Gasteiger partial charge in [-0.05, 0) is 72.6 Å². The van der Waals surface area contributed by atoms with E-state index >= 15 is 0 Å². The predicted molar refractivity (Wildman–Crippen MR) is 84.6 cm³/mol. The average molecular weight is 297 g/mol. The summed E-state index contributed by atoms with van der Waals surface area (Å²) in [4.78, 5) is 16.3. The highest BCUT2D eigenvalue weighted by Gasteiger charge is 2.38. The van der Waals surface area contributed by atoms with Crippen LogP contribution < -0.4 is 5.32 Å². The smallest absolute Gasteiger partial charge is 0.323 e. The Balaban J connectivity index is 1.69. The highest BCUT2D eigenvalue weighted by molar-refractivity contribution is 5.78. The normalized spacial score (nSPS) is 26.2. The molecule has 0 aromatic carbocycles. The summed E-state index contributed by atoms with van der Waals surface area (Å²) in [5, 5.41) is 12.8. The fraction of sp³-hybridized carbons (Fsp3) is 0.938. The Morgan fingerprint density at radius 1 is 1.43 bits per heavy atom. The number of likely N-dealkylation sites (tertiary alicyclic amines) is 1. The number of carboxylic acid groups (broad SMARTS) is 1. The zero-order valence-electron chi connectivity index (χ0n) is 13.8. The van der Waals surface area contributed by atoms with Gasteiger partial charge in [-0.2, -0.15) is 0 Å². The molecule has 0 aromatic rings. The summed E-state index contributed by atoms with van der Waals surface area (Å²) in [6, 6.07) is 1.10. The monoisotopic (exact) mass is 297 g/mol. The second-order valence-electron chi connectivity index (χ2n) is 7.20. The lowest BCUT2D eigenvalue weighted by molar-refractivity contribution is -0.144. The molecule has 5 heteroatoms. The molecule has 2 unspecified atom stereocenters. The first-order chi connectivity index (χ1) is 9.90. The van der Waals surface area contributed by atoms with Crippen LogP contribution in [0.15, 0.2) is 0 Å². The molecule has 2 atom stereocenters. The van der Waals surface area contributed by atoms with Crippen LogP contribution in [0.25, 0.3) is 0 Å². The van der Waals surface area contributed by atoms with Crippen LogP contribution in [0.1, 0.15) is 45.4 Å². The van der Waals surface area contributed by atoms with Crippen LogP contribution in [0.3, 0.4) is 0 Å². The van der Waals surface area contributed by atoms with Crippen molar-refractivity contribution in [3.05, 3.63) is 0 Å². The Hall–Kier alpha value is -0.650. The van der Waals surface area contributed by atoms with E-state index in [1.165, 1.54) is 19.4 Å². The number of likely N-dealkylation sites (N-methyl/N-ethyl adjacent to an activating group) is 2. The molecule has 1 heterocycles. The number of hydrogen-bond donors (Lipinski definition) is 2. The van der Waals surface area contributed by atoms with Crippen molar-refractivity contribution in [2.24, 2.45) is 0 Å². The van der Waals surface area contributed by atoms with E-state index in [9.17, 15) is 9.90 Å². The van der Waals surface area contributed by atoms with Crippen LogP contribution in [0.2, 0.25) is 0 Å². The van der Waals surface area contributed by atoms with Crippen molar-refractivity contribution in [3.63, 3.8) is 0 Å². The zero-order chi connectivity index (χ0) is 15.5. The van der Waals surface area contributed by atoms with Crippen LogP contribution >= 0.6 is 0 Å². The molecule has 0 bridgehead atoms. The first-order valence-electron chi connectivity index (χ1n) is 8.30. The average Bonchev–Trinajstić information content (AvgIpc) is 3.12. The molecule has 2 rings (SSSR count). The molecule has 1 aliphatic carbocycles. The number of carbonyl (C=O) groups is 1. The lowest BCUT2D eigenvalue weighted by atomic mass is 9.95. The first-order valence-corrected chi connectivity index (χ1v) is 8.30. The van der Waals surface area contributed by atoms with E-state index in [-0.39, 0.29) is 0 Å². The van der Waals surface area contributed by atoms with E-state index in [4.69, 9.17) is 0 Å². The molecule has 0 radical (unpaired) electrons. The second-order valence-corrected chi connectivity index (χ2v) is 7.20. The first kappa shape index (κ1) is 16.7. The summed E-state index contributed by atoms with van der Waals surface area (Å²) in [7, 11) is 4.35. The molecule has 0 aromatic heterocycles. The molecule has 5 nitrogen and oxygen atoms in total. The molecule has 0 spiro atoms. The standard InChI is InChI=1S/C16H31N3O2/c1-16(15(20)21,17-13-7-8-13)9-5-10-18(2)12-14-6-4-11-19(14)3/h13-14,17H,4-12H2,1-3H3,(H,20,21). The molecule has 122 valence electrons. The topological polar surface area (TPSA) is 55.8 Å². The molecular formula is C16H31N3O2. The van der Waals surface area contributed by atoms with Gasteiger partial charge in [-0.3, -0.25) is 10.1 Å². The number of nitrogens with zero attached hydrogens (tertiary/aromatic N) is 2. The van der Waals surface area contributed by atoms with Gasteiger partial charge >= 0.3 is 5.97 Å². The lowest BCUT2D eigenvalue weighted by Gasteiger charge is -2.29. The third-order valence-electron chi connectivity index (χ3n) is 4.98. The number of aliphatic carboxylic acids is 1. The third-order valence-corrected chi connectivity index (χ3v) is 4.98. The van der Waals surface area contributed by atoms with Crippen LogP contribution in [0, 0.1) is 0 Å². The predicted octanol–water partition coefficient (Wildman–Crippen LogP) is 1.39. The SMILES string of the molecule is CN(CCCC(C)(NC1CC1)C(=O)O)CC1CCCN1C. The van der Waals surface area contributed by atoms with Crippen molar-refractivity contribution in [1.82, 2.24) is 15.1 Å². The molecule has 1 saturated carbocycles. The maximum Gasteiger partial charge on any atom is 0.323 e. The molecule has 1 aliphatic heterocycles. The summed E-state index contributed by atoms with van der Waals surface area (Å²) < 4.78 is 0. The summed E-state index contributed by atoms with van der Waals surface area (Å²) >= 11 is 0. The molecule has 2 aliphatic rings. The summed E-state index contributed by atoms with van der Waals surface area (Å²) in [6.07, 6.45) is 6.46. The fourth-order valence-corrected chi connectivity index (χ4v) is 3.28. The van der Waals surface area contributed by atoms with Crippen LogP contribution in [-0.4, -0.2) is 72.2 Å². The lowest BCUT2D eigenvalue weighted by Crippen LogP contribution is -2.51. The van der Waals surface area contributed by atoms with Gasteiger partial charge in [0.25, 0.3) is 0 Å². The van der Waals surface area contributed by atoms with Gasteiger partial charge in [0.1, 0.15) is 5.54 Å². The highest BCUT2D eigenvalue weighted by atomic mass is 16.4. The molecule has 21 heavy (non-hydrogen) atoms. The van der Waals surface area contributed by atoms with E-state index in [2.05, 4.69) is 29.2 Å². The minimum Gasteiger partial charge on any atom is -0.480 e. The largest absolute Gasteiger partial charge is 0.480 e. The van der Waals surface area contributed by atoms with E-state index in [1.807, 2.05) is 6.92 Å². The second kappa shape index (κ2) is 7.07. The highest BCUT2D eigenvalue weighted by Crippen LogP contribution is 2.25. The van der Waals surface area contributed by atoms with Gasteiger partial charge in [0.05, 0.1) is 0 Å². The van der Waals surface area contributed by atoms with E-state index in [0.717, 1.165) is 32.4 Å². The Labute approximate surface area is 128 Å². The van der Waals surface area contributed by atoms with Crippen LogP contribution in [0.5, 0.6) is 0 Å². The minimum atomic E-state index is -0.758. The maximum absolute atomic E-state index is 11.5. The van der Waals surface area contributed by atoms with Crippen molar-refractivity contribution in [1.29, 1.82) is 0 Å². The molecule has 2 fully saturated rings. The molecule has 1 saturated heterocycles. The zero-order valence-corrected chi connectivity index (χ0v) is 13.8. The van der Waals surface area contributed by atoms with Gasteiger partial charge in [0.2, 0.25) is 0 Å². The maximum atomic E-state index is 11.5. The Morgan fingerprint density at radius 3 is 2.67 bits per heavy atom. The number of hydrogen-bond acceptors (Lipinski definition) is 4. The van der Waals surface area contributed by atoms with E-state index < -0.39 is 11.5 Å². The van der Waals surface area contributed by atoms with Gasteiger partial charge in [-0.25, -0.2) is 0 Å². The molecule has 0 amide bonds. The number of nitrogens with one attached hydrogen (secondary N) is 1. The van der Waals surface area contributed by atoms with Gasteiger partial charge in [-0.1, -0.05) is 0 Å². The summed E-state index contributed by atoms with van der Waals surface area (Å²) in [6.45, 7) is 5.11. The number of rotatable bonds is 9. The molecule has 2 N–H and O–H groups in total. The van der Waals surface area contributed by atoms with Crippen molar-refractivity contribution < 1.29 is 9.90 Å². The van der Waals surface area contributed by atoms with Crippen molar-refractivity contribution in [2.75, 3.05) is 33.7 Å². The van der Waals surface area contributed by atoms with E-state index in [0.29, 0.717) is 18.5 Å². The van der Waals surface area contributed by atoms with Gasteiger partial charge in [-0.15, -0.1) is 0 Å². The Morgan fingerprint density at radius 2 is 2.14 bits per heavy atom. The summed E-state index contributed by atoms with van der Waals surface area (Å²) in [5.41, 5.74) is -0.758. The molecular weight excluding hydrogens is 266 g/mol. The van der Waals surface area contributed by atoms with Crippen molar-refractivity contribution in [2.45, 2.75) is 63.1 Å². The Bertz CT molecular complexity index is 359. The quantitative estimate of drug-likeness (QED) is 0.673. The van der Waals surface area contributed by atoms with E-state index in [1.54, 1.807) is 0 Å². The van der Waals surface area contributed by atoms with Crippen LogP contribution in [-0.2, 0) is 4.79 Å².